The van der Waals surface area contributed by atoms with Gasteiger partial charge in [-0.05, 0) is 83.9 Å². The lowest BCUT2D eigenvalue weighted by Gasteiger charge is -2.39. The van der Waals surface area contributed by atoms with E-state index in [1.807, 2.05) is 0 Å². The smallest absolute Gasteiger partial charge is 0.340 e. The van der Waals surface area contributed by atoms with Gasteiger partial charge in [0.05, 0.1) is 22.1 Å². The topological polar surface area (TPSA) is 19.7 Å². The van der Waals surface area contributed by atoms with Crippen molar-refractivity contribution in [3.8, 4) is 5.69 Å². The summed E-state index contributed by atoms with van der Waals surface area (Å²) in [6, 6.07) is 83.9. The van der Waals surface area contributed by atoms with E-state index in [0.29, 0.717) is 0 Å². The summed E-state index contributed by atoms with van der Waals surface area (Å²) < 4.78 is 10.6. The van der Waals surface area contributed by atoms with Gasteiger partial charge in [-0.15, -0.1) is 0 Å². The summed E-state index contributed by atoms with van der Waals surface area (Å²) in [4.78, 5) is 0. The molecule has 0 aliphatic heterocycles. The number of aromatic nitrogens is 4. The molecule has 0 amide bonds. The first-order chi connectivity index (χ1) is 32.3. The SMILES string of the molecule is C1=C(n2c3ccccc3c3ccccc32)CCc2c1c1ccccc1n2[Si](c1ccccc1)(c1ccccc1)n1c2ccccc2c2cc(-n3c4ccccc4c4ccccc43)ccc21. The Bertz CT molecular complexity index is 3920. The molecule has 0 bridgehead atoms. The zero-order valence-electron chi connectivity index (χ0n) is 35.6. The molecule has 0 fully saturated rings. The van der Waals surface area contributed by atoms with E-state index < -0.39 is 8.40 Å². The summed E-state index contributed by atoms with van der Waals surface area (Å²) in [5.74, 6) is 0. The molecule has 0 radical (unpaired) electrons. The van der Waals surface area contributed by atoms with Crippen LogP contribution in [0.1, 0.15) is 17.7 Å². The summed E-state index contributed by atoms with van der Waals surface area (Å²) >= 11 is 0. The fourth-order valence-electron chi connectivity index (χ4n) is 11.8. The van der Waals surface area contributed by atoms with Crippen molar-refractivity contribution in [3.05, 3.63) is 236 Å². The molecule has 0 spiro atoms. The van der Waals surface area contributed by atoms with E-state index in [2.05, 4.69) is 248 Å². The maximum atomic E-state index is 2.86. The summed E-state index contributed by atoms with van der Waals surface area (Å²) in [7, 11) is -3.32. The van der Waals surface area contributed by atoms with E-state index in [9.17, 15) is 0 Å². The van der Waals surface area contributed by atoms with Crippen molar-refractivity contribution < 1.29 is 0 Å². The van der Waals surface area contributed by atoms with Crippen LogP contribution in [0.5, 0.6) is 0 Å². The molecule has 0 atom stereocenters. The van der Waals surface area contributed by atoms with Gasteiger partial charge in [-0.1, -0.05) is 170 Å². The third kappa shape index (κ3) is 5.01. The lowest BCUT2D eigenvalue weighted by Crippen LogP contribution is -2.70. The maximum absolute atomic E-state index is 3.32. The molecule has 4 heterocycles. The normalized spacial score (nSPS) is 13.2. The number of rotatable bonds is 6. The number of allylic oxidation sites excluding steroid dienone is 1. The highest BCUT2D eigenvalue weighted by molar-refractivity contribution is 7.01. The van der Waals surface area contributed by atoms with Crippen LogP contribution in [0.15, 0.2) is 224 Å². The summed E-state index contributed by atoms with van der Waals surface area (Å²) in [6.45, 7) is 0. The van der Waals surface area contributed by atoms with Crippen LogP contribution < -0.4 is 10.4 Å². The molecule has 0 unspecified atom stereocenters. The fraction of sp³-hybridized carbons (Fsp3) is 0.0333. The Morgan fingerprint density at radius 2 is 0.708 bits per heavy atom. The maximum Gasteiger partial charge on any atom is 0.340 e. The van der Waals surface area contributed by atoms with E-state index in [-0.39, 0.29) is 0 Å². The molecular formula is C60H42N4Si. The van der Waals surface area contributed by atoms with Gasteiger partial charge >= 0.3 is 8.40 Å². The molecule has 4 nitrogen and oxygen atoms in total. The number of hydrogen-bond donors (Lipinski definition) is 0. The van der Waals surface area contributed by atoms with Crippen LogP contribution in [0.2, 0.25) is 0 Å². The highest BCUT2D eigenvalue weighted by Crippen LogP contribution is 2.43. The minimum atomic E-state index is -3.32. The average molecular weight is 847 g/mol. The molecule has 0 saturated heterocycles. The quantitative estimate of drug-likeness (QED) is 0.149. The van der Waals surface area contributed by atoms with Gasteiger partial charge in [-0.25, -0.2) is 0 Å². The molecule has 0 N–H and O–H groups in total. The van der Waals surface area contributed by atoms with Gasteiger partial charge in [-0.3, -0.25) is 0 Å². The van der Waals surface area contributed by atoms with Crippen LogP contribution in [0.25, 0.3) is 93.8 Å². The van der Waals surface area contributed by atoms with Crippen LogP contribution >= 0.6 is 0 Å². The monoisotopic (exact) mass is 846 g/mol. The van der Waals surface area contributed by atoms with E-state index >= 15 is 0 Å². The Balaban J connectivity index is 1.11. The summed E-state index contributed by atoms with van der Waals surface area (Å²) in [5, 5.41) is 11.6. The van der Waals surface area contributed by atoms with Crippen LogP contribution in [0, 0.1) is 0 Å². The zero-order chi connectivity index (χ0) is 42.6. The standard InChI is InChI=1S/C60H42N4Si/c1-3-19-43(20-4-1)65(44-21-5-2-6-22-44,63-57-33-17-11-27-49(57)51-39-41(35-37-59(51)63)61-53-29-13-7-23-45(53)46-24-8-14-30-54(46)61)64-58-34-18-12-28-50(58)52-40-42(36-38-60(52)64)62-55-31-15-9-25-47(55)48-26-10-16-32-56(48)62/h1-35,37,39-40H,36,38H2. The molecule has 306 valence electrons. The van der Waals surface area contributed by atoms with Crippen LogP contribution in [0.3, 0.4) is 0 Å². The van der Waals surface area contributed by atoms with Gasteiger partial charge in [0.2, 0.25) is 0 Å². The van der Waals surface area contributed by atoms with Crippen molar-refractivity contribution in [1.29, 1.82) is 0 Å². The molecule has 14 rings (SSSR count). The molecule has 1 aliphatic rings. The van der Waals surface area contributed by atoms with Crippen LogP contribution in [0.4, 0.5) is 0 Å². The predicted octanol–water partition coefficient (Wildman–Crippen LogP) is 13.6. The lowest BCUT2D eigenvalue weighted by molar-refractivity contribution is 0.886. The second-order valence-corrected chi connectivity index (χ2v) is 20.9. The Morgan fingerprint density at radius 3 is 1.23 bits per heavy atom. The number of nitrogens with zero attached hydrogens (tertiary/aromatic N) is 4. The van der Waals surface area contributed by atoms with Crippen molar-refractivity contribution in [2.24, 2.45) is 0 Å². The Morgan fingerprint density at radius 1 is 0.308 bits per heavy atom. The summed E-state index contributed by atoms with van der Waals surface area (Å²) in [6.07, 6.45) is 4.34. The summed E-state index contributed by atoms with van der Waals surface area (Å²) in [5.41, 5.74) is 13.9. The number of para-hydroxylation sites is 6. The van der Waals surface area contributed by atoms with E-state index in [0.717, 1.165) is 18.5 Å². The third-order valence-corrected chi connectivity index (χ3v) is 18.9. The highest BCUT2D eigenvalue weighted by Gasteiger charge is 2.48. The Labute approximate surface area is 376 Å². The van der Waals surface area contributed by atoms with Crippen molar-refractivity contribution >= 4 is 107 Å². The van der Waals surface area contributed by atoms with Gasteiger partial charge in [0, 0.05) is 76.9 Å². The molecule has 0 saturated carbocycles. The van der Waals surface area contributed by atoms with Crippen molar-refractivity contribution in [3.63, 3.8) is 0 Å². The number of hydrogen-bond acceptors (Lipinski definition) is 0. The minimum absolute atomic E-state index is 0.903. The molecule has 9 aromatic carbocycles. The van der Waals surface area contributed by atoms with Gasteiger partial charge in [0.25, 0.3) is 0 Å². The van der Waals surface area contributed by atoms with E-state index in [4.69, 9.17) is 0 Å². The first kappa shape index (κ1) is 36.4. The van der Waals surface area contributed by atoms with Crippen LogP contribution in [-0.2, 0) is 6.42 Å². The molecule has 5 heteroatoms. The van der Waals surface area contributed by atoms with Crippen molar-refractivity contribution in [1.82, 2.24) is 17.6 Å². The first-order valence-corrected chi connectivity index (χ1v) is 24.6. The predicted molar refractivity (Wildman–Crippen MR) is 276 cm³/mol. The van der Waals surface area contributed by atoms with Gasteiger partial charge in [0.15, 0.2) is 0 Å². The lowest BCUT2D eigenvalue weighted by atomic mass is 9.99. The highest BCUT2D eigenvalue weighted by atomic mass is 28.3. The molecule has 4 aromatic heterocycles. The van der Waals surface area contributed by atoms with E-state index in [1.165, 1.54) is 104 Å². The second-order valence-electron chi connectivity index (χ2n) is 17.5. The number of fused-ring (bicyclic) bond motifs is 12. The van der Waals surface area contributed by atoms with Crippen molar-refractivity contribution in [2.75, 3.05) is 0 Å². The molecule has 13 aromatic rings. The minimum Gasteiger partial charge on any atom is -0.346 e. The van der Waals surface area contributed by atoms with Gasteiger partial charge < -0.3 is 17.6 Å². The van der Waals surface area contributed by atoms with Crippen LogP contribution in [-0.4, -0.2) is 26.0 Å². The van der Waals surface area contributed by atoms with Crippen molar-refractivity contribution in [2.45, 2.75) is 12.8 Å². The van der Waals surface area contributed by atoms with Gasteiger partial charge in [-0.2, -0.15) is 0 Å². The van der Waals surface area contributed by atoms with E-state index in [1.54, 1.807) is 0 Å². The average Bonchev–Trinajstić information content (AvgIpc) is 4.11. The largest absolute Gasteiger partial charge is 0.346 e. The molecule has 1 aliphatic carbocycles. The fourth-order valence-corrected chi connectivity index (χ4v) is 16.9. The number of benzene rings is 9. The zero-order valence-corrected chi connectivity index (χ0v) is 36.6. The third-order valence-electron chi connectivity index (χ3n) is 14.3. The molecular weight excluding hydrogens is 805 g/mol. The van der Waals surface area contributed by atoms with Gasteiger partial charge in [0.1, 0.15) is 0 Å². The molecule has 65 heavy (non-hydrogen) atoms. The second kappa shape index (κ2) is 13.9. The Kier molecular flexibility index (Phi) is 7.80. The Hall–Kier alpha value is -8.12. The first-order valence-electron chi connectivity index (χ1n) is 22.7.